The molecular formula is C11H12N4O. The number of aryl methyl sites for hydroxylation is 1. The van der Waals surface area contributed by atoms with Gasteiger partial charge in [-0.15, -0.1) is 0 Å². The third kappa shape index (κ3) is 2.20. The van der Waals surface area contributed by atoms with Crippen molar-refractivity contribution in [1.29, 1.82) is 0 Å². The van der Waals surface area contributed by atoms with Gasteiger partial charge in [-0.25, -0.2) is 4.98 Å². The summed E-state index contributed by atoms with van der Waals surface area (Å²) in [6.07, 6.45) is 2.89. The Morgan fingerprint density at radius 1 is 1.38 bits per heavy atom. The van der Waals surface area contributed by atoms with Crippen molar-refractivity contribution in [3.63, 3.8) is 0 Å². The van der Waals surface area contributed by atoms with Gasteiger partial charge in [-0.05, 0) is 31.2 Å². The lowest BCUT2D eigenvalue weighted by atomic mass is 10.2. The van der Waals surface area contributed by atoms with Crippen molar-refractivity contribution in [3.8, 4) is 11.5 Å². The van der Waals surface area contributed by atoms with Crippen LogP contribution in [-0.2, 0) is 0 Å². The molecule has 2 rings (SSSR count). The monoisotopic (exact) mass is 216 g/mol. The molecule has 0 saturated carbocycles. The minimum absolute atomic E-state index is 0.617. The van der Waals surface area contributed by atoms with Crippen LogP contribution in [0.25, 0.3) is 11.5 Å². The number of nitrogens with one attached hydrogen (secondary N) is 1. The molecule has 0 spiro atoms. The van der Waals surface area contributed by atoms with Crippen LogP contribution < -0.4 is 11.2 Å². The van der Waals surface area contributed by atoms with Crippen molar-refractivity contribution in [1.82, 2.24) is 4.98 Å². The lowest BCUT2D eigenvalue weighted by Crippen LogP contribution is -1.95. The first kappa shape index (κ1) is 10.2. The fourth-order valence-corrected chi connectivity index (χ4v) is 1.29. The van der Waals surface area contributed by atoms with E-state index < -0.39 is 0 Å². The zero-order valence-corrected chi connectivity index (χ0v) is 8.84. The second kappa shape index (κ2) is 4.48. The number of hydrogen-bond acceptors (Lipinski definition) is 4. The highest BCUT2D eigenvalue weighted by atomic mass is 16.4. The van der Waals surface area contributed by atoms with Crippen molar-refractivity contribution in [2.75, 3.05) is 5.43 Å². The Morgan fingerprint density at radius 3 is 2.69 bits per heavy atom. The lowest BCUT2D eigenvalue weighted by Gasteiger charge is -2.00. The van der Waals surface area contributed by atoms with Gasteiger partial charge in [0.25, 0.3) is 0 Å². The van der Waals surface area contributed by atoms with Crippen molar-refractivity contribution in [2.45, 2.75) is 6.92 Å². The van der Waals surface area contributed by atoms with Crippen LogP contribution in [0.15, 0.2) is 40.0 Å². The Labute approximate surface area is 93.0 Å². The number of rotatable bonds is 3. The Balaban J connectivity index is 2.19. The second-order valence-electron chi connectivity index (χ2n) is 3.24. The van der Waals surface area contributed by atoms with Gasteiger partial charge < -0.3 is 10.2 Å². The summed E-state index contributed by atoms with van der Waals surface area (Å²) < 4.78 is 5.41. The number of nitrogens with two attached hydrogens (primary N) is 1. The third-order valence-electron chi connectivity index (χ3n) is 2.02. The van der Waals surface area contributed by atoms with E-state index in [9.17, 15) is 0 Å². The van der Waals surface area contributed by atoms with Gasteiger partial charge in [0.05, 0.1) is 11.9 Å². The van der Waals surface area contributed by atoms with Crippen molar-refractivity contribution in [2.24, 2.45) is 10.8 Å². The minimum Gasteiger partial charge on any atom is -0.441 e. The van der Waals surface area contributed by atoms with Gasteiger partial charge in [0, 0.05) is 5.56 Å². The van der Waals surface area contributed by atoms with E-state index in [-0.39, 0.29) is 0 Å². The topological polar surface area (TPSA) is 76.4 Å². The van der Waals surface area contributed by atoms with E-state index in [4.69, 9.17) is 10.2 Å². The van der Waals surface area contributed by atoms with Crippen LogP contribution in [0.3, 0.4) is 0 Å². The summed E-state index contributed by atoms with van der Waals surface area (Å²) in [6.45, 7) is 1.86. The maximum Gasteiger partial charge on any atom is 0.226 e. The Morgan fingerprint density at radius 2 is 2.12 bits per heavy atom. The molecule has 0 amide bonds. The summed E-state index contributed by atoms with van der Waals surface area (Å²) in [4.78, 5) is 4.14. The highest BCUT2D eigenvalue weighted by Gasteiger charge is 2.03. The molecular weight excluding hydrogens is 204 g/mol. The summed E-state index contributed by atoms with van der Waals surface area (Å²) in [5, 5.41) is 3.71. The highest BCUT2D eigenvalue weighted by molar-refractivity contribution is 5.60. The first-order valence-electron chi connectivity index (χ1n) is 4.82. The molecule has 0 saturated heterocycles. The van der Waals surface area contributed by atoms with Gasteiger partial charge in [-0.2, -0.15) is 5.10 Å². The molecule has 0 aliphatic carbocycles. The number of nitrogens with zero attached hydrogens (tertiary/aromatic N) is 2. The molecule has 0 bridgehead atoms. The van der Waals surface area contributed by atoms with Gasteiger partial charge in [0.2, 0.25) is 5.89 Å². The number of hydrazone groups is 1. The summed E-state index contributed by atoms with van der Waals surface area (Å²) in [5.41, 5.74) is 9.67. The first-order valence-corrected chi connectivity index (χ1v) is 4.82. The standard InChI is InChI=1S/C11H12N4O/c1-8-6-13-11(16-8)9-2-4-10(5-3-9)15-14-7-12/h2-7,15H,1H3,(H2,12,14). The number of oxazole rings is 1. The molecule has 2 aromatic rings. The number of aromatic nitrogens is 1. The smallest absolute Gasteiger partial charge is 0.226 e. The molecule has 5 heteroatoms. The van der Waals surface area contributed by atoms with Crippen LogP contribution in [-0.4, -0.2) is 11.3 Å². The Bertz CT molecular complexity index is 487. The third-order valence-corrected chi connectivity index (χ3v) is 2.02. The molecule has 0 unspecified atom stereocenters. The molecule has 0 aliphatic heterocycles. The van der Waals surface area contributed by atoms with Crippen LogP contribution in [0, 0.1) is 6.92 Å². The van der Waals surface area contributed by atoms with Crippen LogP contribution in [0.1, 0.15) is 5.76 Å². The van der Waals surface area contributed by atoms with E-state index in [1.165, 1.54) is 6.34 Å². The molecule has 1 aromatic carbocycles. The van der Waals surface area contributed by atoms with E-state index >= 15 is 0 Å². The average Bonchev–Trinajstić information content (AvgIpc) is 2.74. The fourth-order valence-electron chi connectivity index (χ4n) is 1.29. The number of anilines is 1. The molecule has 82 valence electrons. The number of hydrogen-bond donors (Lipinski definition) is 2. The van der Waals surface area contributed by atoms with E-state index in [0.717, 1.165) is 17.0 Å². The summed E-state index contributed by atoms with van der Waals surface area (Å²) in [6, 6.07) is 7.56. The Kier molecular flexibility index (Phi) is 2.86. The summed E-state index contributed by atoms with van der Waals surface area (Å²) in [7, 11) is 0. The Hall–Kier alpha value is -2.30. The molecule has 1 aromatic heterocycles. The van der Waals surface area contributed by atoms with Crippen LogP contribution in [0.5, 0.6) is 0 Å². The maximum atomic E-state index is 5.41. The van der Waals surface area contributed by atoms with Crippen molar-refractivity contribution < 1.29 is 4.42 Å². The van der Waals surface area contributed by atoms with E-state index in [1.807, 2.05) is 31.2 Å². The van der Waals surface area contributed by atoms with Gasteiger partial charge >= 0.3 is 0 Å². The molecule has 1 heterocycles. The number of benzene rings is 1. The minimum atomic E-state index is 0.617. The molecule has 16 heavy (non-hydrogen) atoms. The largest absolute Gasteiger partial charge is 0.441 e. The SMILES string of the molecule is Cc1cnc(-c2ccc(N/N=C/N)cc2)o1. The van der Waals surface area contributed by atoms with Gasteiger partial charge in [-0.3, -0.25) is 5.43 Å². The van der Waals surface area contributed by atoms with Crippen LogP contribution in [0.2, 0.25) is 0 Å². The molecule has 3 N–H and O–H groups in total. The predicted molar refractivity (Wildman–Crippen MR) is 63.0 cm³/mol. The maximum absolute atomic E-state index is 5.41. The summed E-state index contributed by atoms with van der Waals surface area (Å²) in [5.74, 6) is 1.41. The molecule has 0 atom stereocenters. The quantitative estimate of drug-likeness (QED) is 0.467. The molecule has 0 radical (unpaired) electrons. The predicted octanol–water partition coefficient (Wildman–Crippen LogP) is 1.96. The first-order chi connectivity index (χ1) is 7.79. The van der Waals surface area contributed by atoms with Crippen LogP contribution >= 0.6 is 0 Å². The second-order valence-corrected chi connectivity index (χ2v) is 3.24. The normalized spacial score (nSPS) is 10.8. The summed E-state index contributed by atoms with van der Waals surface area (Å²) >= 11 is 0. The highest BCUT2D eigenvalue weighted by Crippen LogP contribution is 2.20. The van der Waals surface area contributed by atoms with E-state index in [2.05, 4.69) is 15.5 Å². The van der Waals surface area contributed by atoms with Crippen LogP contribution in [0.4, 0.5) is 5.69 Å². The zero-order valence-electron chi connectivity index (χ0n) is 8.84. The zero-order chi connectivity index (χ0) is 11.4. The molecule has 5 nitrogen and oxygen atoms in total. The van der Waals surface area contributed by atoms with Crippen molar-refractivity contribution >= 4 is 12.0 Å². The fraction of sp³-hybridized carbons (Fsp3) is 0.0909. The van der Waals surface area contributed by atoms with E-state index in [0.29, 0.717) is 5.89 Å². The average molecular weight is 216 g/mol. The lowest BCUT2D eigenvalue weighted by molar-refractivity contribution is 0.542. The van der Waals surface area contributed by atoms with Gasteiger partial charge in [-0.1, -0.05) is 0 Å². The molecule has 0 aliphatic rings. The van der Waals surface area contributed by atoms with Crippen molar-refractivity contribution in [3.05, 3.63) is 36.2 Å². The molecule has 0 fully saturated rings. The van der Waals surface area contributed by atoms with Gasteiger partial charge in [0.1, 0.15) is 12.1 Å². The van der Waals surface area contributed by atoms with E-state index in [1.54, 1.807) is 6.20 Å². The van der Waals surface area contributed by atoms with Gasteiger partial charge in [0.15, 0.2) is 0 Å².